The Balaban J connectivity index is 2.26. The first-order valence-electron chi connectivity index (χ1n) is 4.97. The van der Waals surface area contributed by atoms with Gasteiger partial charge in [-0.25, -0.2) is 0 Å². The molecule has 2 rings (SSSR count). The Morgan fingerprint density at radius 2 is 1.82 bits per heavy atom. The normalized spacial score (nSPS) is 10.3. The summed E-state index contributed by atoms with van der Waals surface area (Å²) in [5.74, 6) is 1.66. The number of alkyl halides is 1. The second-order valence-corrected chi connectivity index (χ2v) is 5.68. The molecule has 0 saturated carbocycles. The minimum absolute atomic E-state index is 0.716. The van der Waals surface area contributed by atoms with Gasteiger partial charge in [-0.1, -0.05) is 27.5 Å². The third-order valence-corrected chi connectivity index (χ3v) is 3.77. The molecule has 2 aromatic carbocycles. The average molecular weight is 423 g/mol. The molecule has 0 heterocycles. The topological polar surface area (TPSA) is 9.23 Å². The molecule has 0 saturated heterocycles. The fourth-order valence-corrected chi connectivity index (χ4v) is 2.37. The molecule has 0 radical (unpaired) electrons. The first-order valence-corrected chi connectivity index (χ1v) is 7.54. The maximum absolute atomic E-state index is 5.94. The van der Waals surface area contributed by atoms with Crippen molar-refractivity contribution in [2.45, 2.75) is 5.33 Å². The molecule has 0 fully saturated rings. The van der Waals surface area contributed by atoms with Gasteiger partial charge in [0, 0.05) is 19.5 Å². The molecule has 0 unspecified atom stereocenters. The number of halogens is 3. The van der Waals surface area contributed by atoms with Gasteiger partial charge in [0.25, 0.3) is 0 Å². The third kappa shape index (κ3) is 3.60. The molecular formula is C13H9BrClIO. The van der Waals surface area contributed by atoms with E-state index in [-0.39, 0.29) is 0 Å². The molecule has 2 aromatic rings. The van der Waals surface area contributed by atoms with Gasteiger partial charge in [-0.2, -0.15) is 0 Å². The molecule has 0 spiro atoms. The van der Waals surface area contributed by atoms with Gasteiger partial charge in [0.15, 0.2) is 0 Å². The van der Waals surface area contributed by atoms with Gasteiger partial charge in [-0.15, -0.1) is 0 Å². The molecule has 0 atom stereocenters. The minimum atomic E-state index is 0.716. The smallest absolute Gasteiger partial charge is 0.131 e. The van der Waals surface area contributed by atoms with Gasteiger partial charge in [0.2, 0.25) is 0 Å². The molecule has 4 heteroatoms. The van der Waals surface area contributed by atoms with Gasteiger partial charge in [-0.3, -0.25) is 0 Å². The minimum Gasteiger partial charge on any atom is -0.457 e. The SMILES string of the molecule is Clc1ccc(Oc2ccc(I)cc2)c(CBr)c1. The second kappa shape index (κ2) is 6.07. The van der Waals surface area contributed by atoms with E-state index in [1.54, 1.807) is 0 Å². The zero-order chi connectivity index (χ0) is 12.3. The lowest BCUT2D eigenvalue weighted by Crippen LogP contribution is -1.89. The summed E-state index contributed by atoms with van der Waals surface area (Å²) in [6, 6.07) is 13.5. The average Bonchev–Trinajstić information content (AvgIpc) is 2.34. The van der Waals surface area contributed by atoms with Crippen LogP contribution in [0.4, 0.5) is 0 Å². The highest BCUT2D eigenvalue weighted by atomic mass is 127. The Morgan fingerprint density at radius 1 is 1.12 bits per heavy atom. The van der Waals surface area contributed by atoms with Crippen LogP contribution in [0.25, 0.3) is 0 Å². The first kappa shape index (κ1) is 13.2. The molecule has 0 N–H and O–H groups in total. The second-order valence-electron chi connectivity index (χ2n) is 3.44. The van der Waals surface area contributed by atoms with E-state index in [4.69, 9.17) is 16.3 Å². The van der Waals surface area contributed by atoms with Crippen LogP contribution in [-0.4, -0.2) is 0 Å². The van der Waals surface area contributed by atoms with Crippen molar-refractivity contribution in [3.8, 4) is 11.5 Å². The van der Waals surface area contributed by atoms with Crippen LogP contribution < -0.4 is 4.74 Å². The van der Waals surface area contributed by atoms with E-state index in [1.807, 2.05) is 42.5 Å². The fourth-order valence-electron chi connectivity index (χ4n) is 1.38. The molecule has 0 aliphatic rings. The fraction of sp³-hybridized carbons (Fsp3) is 0.0769. The Kier molecular flexibility index (Phi) is 4.70. The summed E-state index contributed by atoms with van der Waals surface area (Å²) < 4.78 is 7.01. The zero-order valence-corrected chi connectivity index (χ0v) is 13.3. The van der Waals surface area contributed by atoms with E-state index in [0.29, 0.717) is 5.33 Å². The van der Waals surface area contributed by atoms with E-state index in [2.05, 4.69) is 38.5 Å². The van der Waals surface area contributed by atoms with Crippen LogP contribution in [0.2, 0.25) is 5.02 Å². The Bertz CT molecular complexity index is 513. The first-order chi connectivity index (χ1) is 8.19. The van der Waals surface area contributed by atoms with E-state index in [1.165, 1.54) is 3.57 Å². The highest BCUT2D eigenvalue weighted by Crippen LogP contribution is 2.29. The summed E-state index contributed by atoms with van der Waals surface area (Å²) in [4.78, 5) is 0. The summed E-state index contributed by atoms with van der Waals surface area (Å²) >= 11 is 11.6. The highest BCUT2D eigenvalue weighted by molar-refractivity contribution is 14.1. The molecule has 1 nitrogen and oxygen atoms in total. The van der Waals surface area contributed by atoms with Crippen molar-refractivity contribution >= 4 is 50.1 Å². The molecule has 0 amide bonds. The number of hydrogen-bond donors (Lipinski definition) is 0. The van der Waals surface area contributed by atoms with Gasteiger partial charge < -0.3 is 4.74 Å². The van der Waals surface area contributed by atoms with Gasteiger partial charge in [0.05, 0.1) is 0 Å². The third-order valence-electron chi connectivity index (χ3n) is 2.21. The Labute approximate surface area is 127 Å². The van der Waals surface area contributed by atoms with Crippen molar-refractivity contribution < 1.29 is 4.74 Å². The summed E-state index contributed by atoms with van der Waals surface area (Å²) in [6.07, 6.45) is 0. The van der Waals surface area contributed by atoms with Gasteiger partial charge >= 0.3 is 0 Å². The summed E-state index contributed by atoms with van der Waals surface area (Å²) in [6.45, 7) is 0. The van der Waals surface area contributed by atoms with Crippen LogP contribution in [-0.2, 0) is 5.33 Å². The van der Waals surface area contributed by atoms with Crippen LogP contribution >= 0.6 is 50.1 Å². The molecule has 0 bridgehead atoms. The van der Waals surface area contributed by atoms with Crippen LogP contribution in [0.5, 0.6) is 11.5 Å². The van der Waals surface area contributed by atoms with Crippen LogP contribution in [0.1, 0.15) is 5.56 Å². The predicted octanol–water partition coefficient (Wildman–Crippen LogP) is 5.63. The van der Waals surface area contributed by atoms with Crippen molar-refractivity contribution in [1.29, 1.82) is 0 Å². The predicted molar refractivity (Wildman–Crippen MR) is 83.3 cm³/mol. The summed E-state index contributed by atoms with van der Waals surface area (Å²) in [5, 5.41) is 1.43. The number of benzene rings is 2. The highest BCUT2D eigenvalue weighted by Gasteiger charge is 2.04. The molecule has 0 aliphatic heterocycles. The standard InChI is InChI=1S/C13H9BrClIO/c14-8-9-7-10(15)1-6-13(9)17-12-4-2-11(16)3-5-12/h1-7H,8H2. The molecule has 0 aliphatic carbocycles. The van der Waals surface area contributed by atoms with E-state index in [9.17, 15) is 0 Å². The maximum atomic E-state index is 5.94. The van der Waals surface area contributed by atoms with Crippen molar-refractivity contribution in [1.82, 2.24) is 0 Å². The number of ether oxygens (including phenoxy) is 1. The monoisotopic (exact) mass is 422 g/mol. The maximum Gasteiger partial charge on any atom is 0.131 e. The lowest BCUT2D eigenvalue weighted by molar-refractivity contribution is 0.478. The quantitative estimate of drug-likeness (QED) is 0.459. The van der Waals surface area contributed by atoms with Crippen LogP contribution in [0, 0.1) is 3.57 Å². The van der Waals surface area contributed by atoms with Crippen LogP contribution in [0.15, 0.2) is 42.5 Å². The number of rotatable bonds is 3. The van der Waals surface area contributed by atoms with Crippen molar-refractivity contribution in [3.63, 3.8) is 0 Å². The van der Waals surface area contributed by atoms with Gasteiger partial charge in [-0.05, 0) is 65.1 Å². The van der Waals surface area contributed by atoms with Crippen molar-refractivity contribution in [3.05, 3.63) is 56.6 Å². The Morgan fingerprint density at radius 3 is 2.47 bits per heavy atom. The molecular weight excluding hydrogens is 414 g/mol. The lowest BCUT2D eigenvalue weighted by atomic mass is 10.2. The largest absolute Gasteiger partial charge is 0.457 e. The molecule has 0 aromatic heterocycles. The van der Waals surface area contributed by atoms with E-state index in [0.717, 1.165) is 22.1 Å². The van der Waals surface area contributed by atoms with Crippen LogP contribution in [0.3, 0.4) is 0 Å². The number of hydrogen-bond acceptors (Lipinski definition) is 1. The van der Waals surface area contributed by atoms with E-state index < -0.39 is 0 Å². The lowest BCUT2D eigenvalue weighted by Gasteiger charge is -2.10. The van der Waals surface area contributed by atoms with Crippen molar-refractivity contribution in [2.24, 2.45) is 0 Å². The van der Waals surface area contributed by atoms with Gasteiger partial charge in [0.1, 0.15) is 11.5 Å². The van der Waals surface area contributed by atoms with Crippen molar-refractivity contribution in [2.75, 3.05) is 0 Å². The summed E-state index contributed by atoms with van der Waals surface area (Å²) in [7, 11) is 0. The molecule has 88 valence electrons. The molecule has 17 heavy (non-hydrogen) atoms. The summed E-state index contributed by atoms with van der Waals surface area (Å²) in [5.41, 5.74) is 1.04. The van der Waals surface area contributed by atoms with E-state index >= 15 is 0 Å². The zero-order valence-electron chi connectivity index (χ0n) is 8.79. The Hall–Kier alpha value is -0.260.